The number of benzene rings is 1. The van der Waals surface area contributed by atoms with E-state index in [4.69, 9.17) is 0 Å². The summed E-state index contributed by atoms with van der Waals surface area (Å²) in [7, 11) is 1.88. The Hall–Kier alpha value is -0.430. The van der Waals surface area contributed by atoms with Gasteiger partial charge in [-0.1, -0.05) is 30.3 Å². The number of halogens is 1. The maximum absolute atomic E-state index is 4.41. The molecule has 1 heterocycles. The van der Waals surface area contributed by atoms with Gasteiger partial charge in [0.1, 0.15) is 0 Å². The average molecular weight is 419 g/mol. The molecule has 2 rings (SSSR count). The van der Waals surface area contributed by atoms with Gasteiger partial charge >= 0.3 is 0 Å². The highest BCUT2D eigenvalue weighted by Gasteiger charge is 2.24. The summed E-state index contributed by atoms with van der Waals surface area (Å²) < 4.78 is 0. The van der Waals surface area contributed by atoms with Crippen molar-refractivity contribution in [2.75, 3.05) is 38.7 Å². The SMILES string of the molecule is CN=C(NCCSC)N1CCC(Cc2ccccc2)C1.I. The molecule has 1 aromatic carbocycles. The molecule has 0 saturated carbocycles. The zero-order valence-corrected chi connectivity index (χ0v) is 16.1. The lowest BCUT2D eigenvalue weighted by molar-refractivity contribution is 0.462. The third-order valence-corrected chi connectivity index (χ3v) is 4.37. The number of hydrogen-bond acceptors (Lipinski definition) is 2. The van der Waals surface area contributed by atoms with Crippen LogP contribution >= 0.6 is 35.7 Å². The highest BCUT2D eigenvalue weighted by Crippen LogP contribution is 2.20. The smallest absolute Gasteiger partial charge is 0.193 e. The molecule has 1 aliphatic heterocycles. The van der Waals surface area contributed by atoms with Crippen molar-refractivity contribution in [2.45, 2.75) is 12.8 Å². The van der Waals surface area contributed by atoms with Gasteiger partial charge in [0.15, 0.2) is 5.96 Å². The van der Waals surface area contributed by atoms with E-state index in [2.05, 4.69) is 51.8 Å². The van der Waals surface area contributed by atoms with Crippen LogP contribution in [0.3, 0.4) is 0 Å². The molecular weight excluding hydrogens is 393 g/mol. The van der Waals surface area contributed by atoms with Crippen molar-refractivity contribution in [1.29, 1.82) is 0 Å². The van der Waals surface area contributed by atoms with Crippen molar-refractivity contribution >= 4 is 41.7 Å². The summed E-state index contributed by atoms with van der Waals surface area (Å²) >= 11 is 1.86. The summed E-state index contributed by atoms with van der Waals surface area (Å²) in [6.07, 6.45) is 4.58. The Bertz CT molecular complexity index is 425. The molecule has 1 aromatic rings. The first-order chi connectivity index (χ1) is 9.83. The predicted molar refractivity (Wildman–Crippen MR) is 105 cm³/mol. The molecule has 0 bridgehead atoms. The Morgan fingerprint density at radius 1 is 1.38 bits per heavy atom. The molecule has 0 aliphatic carbocycles. The normalized spacial score (nSPS) is 18.5. The first-order valence-electron chi connectivity index (χ1n) is 7.32. The fourth-order valence-corrected chi connectivity index (χ4v) is 3.04. The second-order valence-corrected chi connectivity index (χ2v) is 6.24. The van der Waals surface area contributed by atoms with Gasteiger partial charge in [-0.25, -0.2) is 0 Å². The van der Waals surface area contributed by atoms with Crippen molar-refractivity contribution in [3.05, 3.63) is 35.9 Å². The number of nitrogens with one attached hydrogen (secondary N) is 1. The van der Waals surface area contributed by atoms with Crippen molar-refractivity contribution in [1.82, 2.24) is 10.2 Å². The lowest BCUT2D eigenvalue weighted by Gasteiger charge is -2.21. The first-order valence-corrected chi connectivity index (χ1v) is 8.71. The molecule has 1 saturated heterocycles. The van der Waals surface area contributed by atoms with Crippen molar-refractivity contribution in [3.8, 4) is 0 Å². The zero-order chi connectivity index (χ0) is 14.2. The van der Waals surface area contributed by atoms with Crippen LogP contribution in [0.1, 0.15) is 12.0 Å². The van der Waals surface area contributed by atoms with Gasteiger partial charge < -0.3 is 10.2 Å². The number of hydrogen-bond donors (Lipinski definition) is 1. The van der Waals surface area contributed by atoms with Crippen LogP contribution < -0.4 is 5.32 Å². The van der Waals surface area contributed by atoms with Crippen LogP contribution in [0.5, 0.6) is 0 Å². The fraction of sp³-hybridized carbons (Fsp3) is 0.562. The van der Waals surface area contributed by atoms with Gasteiger partial charge in [-0.2, -0.15) is 11.8 Å². The van der Waals surface area contributed by atoms with Crippen LogP contribution in [0.2, 0.25) is 0 Å². The van der Waals surface area contributed by atoms with Gasteiger partial charge in [-0.3, -0.25) is 4.99 Å². The molecule has 1 N–H and O–H groups in total. The third-order valence-electron chi connectivity index (χ3n) is 3.75. The zero-order valence-electron chi connectivity index (χ0n) is 12.9. The lowest BCUT2D eigenvalue weighted by Crippen LogP contribution is -2.41. The summed E-state index contributed by atoms with van der Waals surface area (Å²) in [6, 6.07) is 10.8. The van der Waals surface area contributed by atoms with E-state index in [9.17, 15) is 0 Å². The minimum absolute atomic E-state index is 0. The summed E-state index contributed by atoms with van der Waals surface area (Å²) in [6.45, 7) is 3.23. The second-order valence-electron chi connectivity index (χ2n) is 5.26. The van der Waals surface area contributed by atoms with E-state index in [1.54, 1.807) is 0 Å². The summed E-state index contributed by atoms with van der Waals surface area (Å²) in [5.41, 5.74) is 1.45. The second kappa shape index (κ2) is 10.3. The maximum Gasteiger partial charge on any atom is 0.193 e. The molecule has 0 radical (unpaired) electrons. The average Bonchev–Trinajstić information content (AvgIpc) is 2.93. The molecule has 0 amide bonds. The summed E-state index contributed by atoms with van der Waals surface area (Å²) in [5, 5.41) is 3.45. The van der Waals surface area contributed by atoms with E-state index < -0.39 is 0 Å². The quantitative estimate of drug-likeness (QED) is 0.344. The molecule has 118 valence electrons. The highest BCUT2D eigenvalue weighted by molar-refractivity contribution is 14.0. The first kappa shape index (κ1) is 18.6. The predicted octanol–water partition coefficient (Wildman–Crippen LogP) is 3.11. The van der Waals surface area contributed by atoms with E-state index in [1.807, 2.05) is 18.8 Å². The molecule has 1 aliphatic rings. The van der Waals surface area contributed by atoms with E-state index >= 15 is 0 Å². The third kappa shape index (κ3) is 6.06. The number of likely N-dealkylation sites (tertiary alicyclic amines) is 1. The molecule has 1 unspecified atom stereocenters. The van der Waals surface area contributed by atoms with Crippen molar-refractivity contribution in [3.63, 3.8) is 0 Å². The Balaban J connectivity index is 0.00000220. The monoisotopic (exact) mass is 419 g/mol. The van der Waals surface area contributed by atoms with E-state index in [0.717, 1.165) is 37.3 Å². The number of thioether (sulfide) groups is 1. The van der Waals surface area contributed by atoms with Gasteiger partial charge in [0.05, 0.1) is 0 Å². The molecule has 3 nitrogen and oxygen atoms in total. The van der Waals surface area contributed by atoms with Crippen molar-refractivity contribution < 1.29 is 0 Å². The number of rotatable bonds is 5. The molecule has 1 fully saturated rings. The Labute approximate surface area is 150 Å². The standard InChI is InChI=1S/C16H25N3S.HI/c1-17-16(18-9-11-20-2)19-10-8-15(13-19)12-14-6-4-3-5-7-14;/h3-7,15H,8-13H2,1-2H3,(H,17,18);1H. The molecule has 21 heavy (non-hydrogen) atoms. The van der Waals surface area contributed by atoms with E-state index in [-0.39, 0.29) is 24.0 Å². The minimum atomic E-state index is 0. The summed E-state index contributed by atoms with van der Waals surface area (Å²) in [5.74, 6) is 2.94. The van der Waals surface area contributed by atoms with Crippen LogP contribution in [0.4, 0.5) is 0 Å². The number of guanidine groups is 1. The summed E-state index contributed by atoms with van der Waals surface area (Å²) in [4.78, 5) is 6.80. The topological polar surface area (TPSA) is 27.6 Å². The van der Waals surface area contributed by atoms with E-state index in [1.165, 1.54) is 18.4 Å². The molecule has 0 spiro atoms. The lowest BCUT2D eigenvalue weighted by atomic mass is 9.99. The van der Waals surface area contributed by atoms with Gasteiger partial charge in [-0.05, 0) is 30.6 Å². The highest BCUT2D eigenvalue weighted by atomic mass is 127. The Morgan fingerprint density at radius 2 is 2.14 bits per heavy atom. The van der Waals surface area contributed by atoms with Crippen LogP contribution in [-0.2, 0) is 6.42 Å². The van der Waals surface area contributed by atoms with Gasteiger partial charge in [-0.15, -0.1) is 24.0 Å². The number of aliphatic imine (C=N–C) groups is 1. The number of nitrogens with zero attached hydrogens (tertiary/aromatic N) is 2. The van der Waals surface area contributed by atoms with Gasteiger partial charge in [0.2, 0.25) is 0 Å². The van der Waals surface area contributed by atoms with E-state index in [0.29, 0.717) is 0 Å². The maximum atomic E-state index is 4.41. The molecular formula is C16H26IN3S. The Morgan fingerprint density at radius 3 is 2.81 bits per heavy atom. The molecule has 0 aromatic heterocycles. The molecule has 5 heteroatoms. The van der Waals surface area contributed by atoms with Gasteiger partial charge in [0, 0.05) is 32.4 Å². The van der Waals surface area contributed by atoms with Crippen LogP contribution in [0.15, 0.2) is 35.3 Å². The van der Waals surface area contributed by atoms with Crippen molar-refractivity contribution in [2.24, 2.45) is 10.9 Å². The minimum Gasteiger partial charge on any atom is -0.355 e. The Kier molecular flexibility index (Phi) is 9.15. The fourth-order valence-electron chi connectivity index (χ4n) is 2.74. The van der Waals surface area contributed by atoms with Crippen LogP contribution in [-0.4, -0.2) is 49.6 Å². The largest absolute Gasteiger partial charge is 0.355 e. The molecule has 1 atom stereocenters. The van der Waals surface area contributed by atoms with Crippen LogP contribution in [0.25, 0.3) is 0 Å². The van der Waals surface area contributed by atoms with Gasteiger partial charge in [0.25, 0.3) is 0 Å². The van der Waals surface area contributed by atoms with Crippen LogP contribution in [0, 0.1) is 5.92 Å².